The van der Waals surface area contributed by atoms with Gasteiger partial charge < -0.3 is 14.3 Å². The van der Waals surface area contributed by atoms with Crippen LogP contribution >= 0.6 is 0 Å². The first-order valence-electron chi connectivity index (χ1n) is 8.75. The molecular formula is C21H16N2O6. The quantitative estimate of drug-likeness (QED) is 0.421. The van der Waals surface area contributed by atoms with Gasteiger partial charge in [0, 0.05) is 35.0 Å². The van der Waals surface area contributed by atoms with Gasteiger partial charge in [0.05, 0.1) is 5.39 Å². The molecule has 0 atom stereocenters. The minimum absolute atomic E-state index is 0.00351. The highest BCUT2D eigenvalue weighted by Crippen LogP contribution is 2.27. The number of rotatable bonds is 3. The maximum Gasteiger partial charge on any atom is 0.359 e. The Hall–Kier alpha value is -3.94. The van der Waals surface area contributed by atoms with Gasteiger partial charge in [-0.15, -0.1) is 0 Å². The lowest BCUT2D eigenvalue weighted by atomic mass is 10.1. The third-order valence-corrected chi connectivity index (χ3v) is 4.73. The molecule has 0 unspecified atom stereocenters. The van der Waals surface area contributed by atoms with Gasteiger partial charge in [-0.05, 0) is 25.1 Å². The summed E-state index contributed by atoms with van der Waals surface area (Å²) in [6.45, 7) is 1.42. The summed E-state index contributed by atoms with van der Waals surface area (Å²) in [5, 5.41) is 15.2. The van der Waals surface area contributed by atoms with Gasteiger partial charge in [0.2, 0.25) is 0 Å². The number of aryl methyl sites for hydroxylation is 2. The van der Waals surface area contributed by atoms with E-state index in [2.05, 4.69) is 5.10 Å². The van der Waals surface area contributed by atoms with Gasteiger partial charge in [-0.25, -0.2) is 14.3 Å². The Morgan fingerprint density at radius 2 is 1.86 bits per heavy atom. The fraction of sp³-hybridized carbons (Fsp3) is 0.143. The number of phenols is 1. The Morgan fingerprint density at radius 1 is 1.14 bits per heavy atom. The zero-order valence-electron chi connectivity index (χ0n) is 15.6. The molecule has 1 N–H and O–H groups in total. The highest BCUT2D eigenvalue weighted by atomic mass is 16.5. The van der Waals surface area contributed by atoms with Crippen molar-refractivity contribution < 1.29 is 19.1 Å². The molecular weight excluding hydrogens is 376 g/mol. The maximum absolute atomic E-state index is 12.7. The molecule has 0 amide bonds. The van der Waals surface area contributed by atoms with Crippen LogP contribution < -0.4 is 11.2 Å². The van der Waals surface area contributed by atoms with Crippen LogP contribution in [0, 0.1) is 6.92 Å². The second-order valence-electron chi connectivity index (χ2n) is 6.58. The van der Waals surface area contributed by atoms with Gasteiger partial charge in [-0.1, -0.05) is 18.2 Å². The first-order valence-corrected chi connectivity index (χ1v) is 8.75. The fourth-order valence-electron chi connectivity index (χ4n) is 3.20. The molecule has 8 heteroatoms. The summed E-state index contributed by atoms with van der Waals surface area (Å²) in [6.07, 6.45) is 0. The number of carbonyl (C=O) groups is 1. The van der Waals surface area contributed by atoms with E-state index < -0.39 is 11.6 Å². The van der Waals surface area contributed by atoms with Crippen molar-refractivity contribution in [1.82, 2.24) is 9.78 Å². The molecule has 0 saturated heterocycles. The Morgan fingerprint density at radius 3 is 2.62 bits per heavy atom. The number of carbonyl (C=O) groups excluding carboxylic acids is 1. The van der Waals surface area contributed by atoms with E-state index in [-0.39, 0.29) is 29.2 Å². The number of aromatic nitrogens is 2. The number of fused-ring (bicyclic) bond motifs is 2. The van der Waals surface area contributed by atoms with Crippen molar-refractivity contribution in [1.29, 1.82) is 0 Å². The van der Waals surface area contributed by atoms with Crippen molar-refractivity contribution in [2.24, 2.45) is 7.05 Å². The highest BCUT2D eigenvalue weighted by molar-refractivity contribution is 6.02. The number of phenolic OH excluding ortho intramolecular Hbond substituents is 1. The Labute approximate surface area is 163 Å². The average Bonchev–Trinajstić information content (AvgIpc) is 2.71. The Balaban J connectivity index is 1.73. The number of esters is 1. The van der Waals surface area contributed by atoms with Crippen LogP contribution in [0.3, 0.4) is 0 Å². The van der Waals surface area contributed by atoms with Gasteiger partial charge in [-0.2, -0.15) is 5.10 Å². The first kappa shape index (κ1) is 18.4. The summed E-state index contributed by atoms with van der Waals surface area (Å²) in [4.78, 5) is 36.8. The molecule has 8 nitrogen and oxygen atoms in total. The zero-order valence-corrected chi connectivity index (χ0v) is 15.6. The van der Waals surface area contributed by atoms with Crippen molar-refractivity contribution in [2.75, 3.05) is 0 Å². The summed E-state index contributed by atoms with van der Waals surface area (Å²) in [7, 11) is 1.46. The van der Waals surface area contributed by atoms with E-state index >= 15 is 0 Å². The van der Waals surface area contributed by atoms with Crippen LogP contribution in [0.25, 0.3) is 21.7 Å². The molecule has 29 heavy (non-hydrogen) atoms. The normalized spacial score (nSPS) is 11.1. The minimum atomic E-state index is -0.728. The molecule has 146 valence electrons. The third kappa shape index (κ3) is 3.14. The Kier molecular flexibility index (Phi) is 4.38. The van der Waals surface area contributed by atoms with Crippen LogP contribution in [0.2, 0.25) is 0 Å². The topological polar surface area (TPSA) is 112 Å². The molecule has 0 saturated carbocycles. The van der Waals surface area contributed by atoms with Crippen molar-refractivity contribution in [3.63, 3.8) is 0 Å². The van der Waals surface area contributed by atoms with Crippen LogP contribution in [-0.4, -0.2) is 20.9 Å². The lowest BCUT2D eigenvalue weighted by molar-refractivity contribution is 0.0466. The molecule has 2 aromatic carbocycles. The smallest absolute Gasteiger partial charge is 0.359 e. The van der Waals surface area contributed by atoms with Crippen LogP contribution in [0.4, 0.5) is 0 Å². The maximum atomic E-state index is 12.7. The van der Waals surface area contributed by atoms with Gasteiger partial charge >= 0.3 is 11.6 Å². The van der Waals surface area contributed by atoms with E-state index in [1.807, 2.05) is 0 Å². The molecule has 0 fully saturated rings. The lowest BCUT2D eigenvalue weighted by Crippen LogP contribution is -2.23. The molecule has 2 aromatic heterocycles. The van der Waals surface area contributed by atoms with Crippen molar-refractivity contribution in [3.05, 3.63) is 80.1 Å². The van der Waals surface area contributed by atoms with Crippen molar-refractivity contribution >= 4 is 27.7 Å². The lowest BCUT2D eigenvalue weighted by Gasteiger charge is -2.10. The molecule has 4 aromatic rings. The first-order chi connectivity index (χ1) is 13.9. The van der Waals surface area contributed by atoms with E-state index in [0.717, 1.165) is 4.68 Å². The summed E-state index contributed by atoms with van der Waals surface area (Å²) in [5.41, 5.74) is 0.139. The van der Waals surface area contributed by atoms with Gasteiger partial charge in [0.1, 0.15) is 17.9 Å². The predicted molar refractivity (Wildman–Crippen MR) is 105 cm³/mol. The number of benzene rings is 2. The summed E-state index contributed by atoms with van der Waals surface area (Å²) in [5.74, 6) is -0.732. The molecule has 0 aliphatic carbocycles. The fourth-order valence-corrected chi connectivity index (χ4v) is 3.20. The van der Waals surface area contributed by atoms with E-state index in [0.29, 0.717) is 27.3 Å². The monoisotopic (exact) mass is 392 g/mol. The number of hydrogen-bond acceptors (Lipinski definition) is 7. The minimum Gasteiger partial charge on any atom is -0.508 e. The van der Waals surface area contributed by atoms with E-state index in [1.54, 1.807) is 37.3 Å². The summed E-state index contributed by atoms with van der Waals surface area (Å²) in [6, 6.07) is 10.9. The zero-order chi connectivity index (χ0) is 20.7. The number of nitrogens with zero attached hydrogens (tertiary/aromatic N) is 2. The molecule has 4 rings (SSSR count). The van der Waals surface area contributed by atoms with Gasteiger partial charge in [0.15, 0.2) is 5.69 Å². The van der Waals surface area contributed by atoms with Crippen LogP contribution in [0.15, 0.2) is 56.5 Å². The molecule has 2 heterocycles. The van der Waals surface area contributed by atoms with Crippen molar-refractivity contribution in [3.8, 4) is 5.75 Å². The van der Waals surface area contributed by atoms with E-state index in [1.165, 1.54) is 19.2 Å². The highest BCUT2D eigenvalue weighted by Gasteiger charge is 2.18. The molecule has 0 spiro atoms. The van der Waals surface area contributed by atoms with Crippen molar-refractivity contribution in [2.45, 2.75) is 13.5 Å². The third-order valence-electron chi connectivity index (χ3n) is 4.73. The summed E-state index contributed by atoms with van der Waals surface area (Å²) < 4.78 is 11.7. The van der Waals surface area contributed by atoms with Crippen LogP contribution in [0.5, 0.6) is 5.75 Å². The SMILES string of the molecule is Cc1c(O)ccc2c(COC(=O)c3nn(C)c(=O)c4ccccc34)cc(=O)oc12. The van der Waals surface area contributed by atoms with Gasteiger partial charge in [-0.3, -0.25) is 4.79 Å². The molecule has 0 aliphatic heterocycles. The van der Waals surface area contributed by atoms with E-state index in [4.69, 9.17) is 9.15 Å². The largest absolute Gasteiger partial charge is 0.508 e. The molecule has 0 aliphatic rings. The molecule has 0 radical (unpaired) electrons. The van der Waals surface area contributed by atoms with Crippen LogP contribution in [0.1, 0.15) is 21.6 Å². The summed E-state index contributed by atoms with van der Waals surface area (Å²) >= 11 is 0. The Bertz CT molecular complexity index is 1400. The standard InChI is InChI=1S/C21H16N2O6/c1-11-16(24)8-7-13-12(9-17(25)29-19(11)13)10-28-21(27)18-14-5-3-4-6-15(14)20(26)23(2)22-18/h3-9,24H,10H2,1-2H3. The predicted octanol–water partition coefficient (Wildman–Crippen LogP) is 2.41. The second kappa shape index (κ2) is 6.90. The number of hydrogen-bond donors (Lipinski definition) is 1. The number of ether oxygens (including phenoxy) is 1. The average molecular weight is 392 g/mol. The number of aromatic hydroxyl groups is 1. The molecule has 0 bridgehead atoms. The van der Waals surface area contributed by atoms with E-state index in [9.17, 15) is 19.5 Å². The van der Waals surface area contributed by atoms with Gasteiger partial charge in [0.25, 0.3) is 5.56 Å². The second-order valence-corrected chi connectivity index (χ2v) is 6.58. The van der Waals surface area contributed by atoms with Crippen LogP contribution in [-0.2, 0) is 18.4 Å².